The number of aryl methyl sites for hydroxylation is 1. The van der Waals surface area contributed by atoms with Crippen molar-refractivity contribution in [3.63, 3.8) is 0 Å². The Balaban J connectivity index is 1.69. The number of anilines is 3. The molecule has 124 valence electrons. The molecule has 0 saturated carbocycles. The molecule has 24 heavy (non-hydrogen) atoms. The van der Waals surface area contributed by atoms with Gasteiger partial charge in [-0.3, -0.25) is 5.10 Å². The molecule has 0 radical (unpaired) electrons. The summed E-state index contributed by atoms with van der Waals surface area (Å²) in [4.78, 5) is 16.9. The number of rotatable bonds is 6. The molecule has 4 N–H and O–H groups in total. The Morgan fingerprint density at radius 1 is 1.17 bits per heavy atom. The summed E-state index contributed by atoms with van der Waals surface area (Å²) >= 11 is 7.30. The summed E-state index contributed by atoms with van der Waals surface area (Å²) in [6.45, 7) is 2.01. The molecule has 0 aliphatic carbocycles. The van der Waals surface area contributed by atoms with Crippen molar-refractivity contribution in [2.75, 3.05) is 11.1 Å². The molecule has 1 aromatic carbocycles. The largest absolute Gasteiger partial charge is 0.368 e. The monoisotopic (exact) mass is 362 g/mol. The molecule has 3 aromatic rings. The number of hydrogen-bond acceptors (Lipinski definition) is 8. The van der Waals surface area contributed by atoms with E-state index in [0.717, 1.165) is 17.9 Å². The molecule has 3 rings (SSSR count). The highest BCUT2D eigenvalue weighted by atomic mass is 35.5. The summed E-state index contributed by atoms with van der Waals surface area (Å²) in [7, 11) is 0. The Labute approximate surface area is 147 Å². The van der Waals surface area contributed by atoms with Crippen molar-refractivity contribution in [3.05, 3.63) is 40.9 Å². The first-order valence-electron chi connectivity index (χ1n) is 7.19. The van der Waals surface area contributed by atoms with Crippen molar-refractivity contribution in [3.8, 4) is 0 Å². The zero-order valence-corrected chi connectivity index (χ0v) is 14.4. The number of aromatic amines is 1. The Morgan fingerprint density at radius 2 is 1.96 bits per heavy atom. The van der Waals surface area contributed by atoms with Crippen LogP contribution in [0.4, 0.5) is 17.6 Å². The fraction of sp³-hybridized carbons (Fsp3) is 0.214. The van der Waals surface area contributed by atoms with Crippen LogP contribution in [0.2, 0.25) is 5.02 Å². The Bertz CT molecular complexity index is 820. The summed E-state index contributed by atoms with van der Waals surface area (Å²) in [5.74, 6) is 2.42. The van der Waals surface area contributed by atoms with Crippen molar-refractivity contribution in [1.29, 1.82) is 0 Å². The minimum atomic E-state index is 0.154. The van der Waals surface area contributed by atoms with E-state index in [0.29, 0.717) is 27.7 Å². The average Bonchev–Trinajstić information content (AvgIpc) is 3.03. The zero-order chi connectivity index (χ0) is 16.9. The van der Waals surface area contributed by atoms with Crippen LogP contribution in [0, 0.1) is 0 Å². The fourth-order valence-corrected chi connectivity index (χ4v) is 2.65. The van der Waals surface area contributed by atoms with Gasteiger partial charge in [-0.15, -0.1) is 5.10 Å². The zero-order valence-electron chi connectivity index (χ0n) is 12.8. The van der Waals surface area contributed by atoms with Crippen molar-refractivity contribution in [2.24, 2.45) is 0 Å². The number of benzene rings is 1. The highest BCUT2D eigenvalue weighted by Gasteiger charge is 2.08. The van der Waals surface area contributed by atoms with Crippen LogP contribution in [0.5, 0.6) is 0 Å². The van der Waals surface area contributed by atoms with Crippen LogP contribution in [-0.4, -0.2) is 30.1 Å². The quantitative estimate of drug-likeness (QED) is 0.573. The van der Waals surface area contributed by atoms with E-state index in [1.54, 1.807) is 12.1 Å². The lowest BCUT2D eigenvalue weighted by atomic mass is 10.3. The van der Waals surface area contributed by atoms with Crippen LogP contribution in [0.25, 0.3) is 0 Å². The third-order valence-corrected chi connectivity index (χ3v) is 4.07. The fourth-order valence-electron chi connectivity index (χ4n) is 1.85. The highest BCUT2D eigenvalue weighted by Crippen LogP contribution is 2.20. The maximum atomic E-state index is 5.87. The van der Waals surface area contributed by atoms with Crippen molar-refractivity contribution in [2.45, 2.75) is 24.3 Å². The van der Waals surface area contributed by atoms with Crippen LogP contribution in [0.3, 0.4) is 0 Å². The Morgan fingerprint density at radius 3 is 2.67 bits per heavy atom. The van der Waals surface area contributed by atoms with Crippen LogP contribution in [-0.2, 0) is 12.2 Å². The molecule has 2 heterocycles. The van der Waals surface area contributed by atoms with E-state index in [4.69, 9.17) is 17.3 Å². The molecule has 0 aliphatic heterocycles. The predicted molar refractivity (Wildman–Crippen MR) is 94.3 cm³/mol. The highest BCUT2D eigenvalue weighted by molar-refractivity contribution is 7.98. The number of halogens is 1. The second kappa shape index (κ2) is 7.45. The van der Waals surface area contributed by atoms with Crippen LogP contribution in [0.1, 0.15) is 18.6 Å². The topological polar surface area (TPSA) is 118 Å². The first-order chi connectivity index (χ1) is 11.6. The SMILES string of the molecule is CCc1nc(SCc2nc(N)nc(Nc3ccc(Cl)cc3)n2)n[nH]1. The molecule has 10 heteroatoms. The normalized spacial score (nSPS) is 10.8. The number of aromatic nitrogens is 6. The number of nitrogens with two attached hydrogens (primary N) is 1. The van der Waals surface area contributed by atoms with Gasteiger partial charge < -0.3 is 11.1 Å². The van der Waals surface area contributed by atoms with Crippen LogP contribution >= 0.6 is 23.4 Å². The van der Waals surface area contributed by atoms with E-state index in [2.05, 4.69) is 35.5 Å². The molecule has 0 bridgehead atoms. The third-order valence-electron chi connectivity index (χ3n) is 2.98. The second-order valence-corrected chi connectivity index (χ2v) is 6.15. The molecule has 8 nitrogen and oxygen atoms in total. The lowest BCUT2D eigenvalue weighted by molar-refractivity contribution is 0.939. The number of hydrogen-bond donors (Lipinski definition) is 3. The van der Waals surface area contributed by atoms with E-state index >= 15 is 0 Å². The van der Waals surface area contributed by atoms with Gasteiger partial charge in [0.2, 0.25) is 17.1 Å². The molecule has 0 saturated heterocycles. The number of thioether (sulfide) groups is 1. The maximum absolute atomic E-state index is 5.87. The van der Waals surface area contributed by atoms with E-state index in [-0.39, 0.29) is 5.95 Å². The van der Waals surface area contributed by atoms with E-state index in [1.165, 1.54) is 11.8 Å². The lowest BCUT2D eigenvalue weighted by Gasteiger charge is -2.07. The third kappa shape index (κ3) is 4.33. The molecule has 0 unspecified atom stereocenters. The Hall–Kier alpha value is -2.39. The molecule has 0 amide bonds. The molecular formula is C14H15ClN8S. The maximum Gasteiger partial charge on any atom is 0.232 e. The number of H-pyrrole nitrogens is 1. The summed E-state index contributed by atoms with van der Waals surface area (Å²) in [5.41, 5.74) is 6.57. The lowest BCUT2D eigenvalue weighted by Crippen LogP contribution is -2.06. The molecule has 2 aromatic heterocycles. The smallest absolute Gasteiger partial charge is 0.232 e. The van der Waals surface area contributed by atoms with E-state index < -0.39 is 0 Å². The van der Waals surface area contributed by atoms with Crippen LogP contribution in [0.15, 0.2) is 29.4 Å². The minimum Gasteiger partial charge on any atom is -0.368 e. The van der Waals surface area contributed by atoms with Gasteiger partial charge in [0.05, 0.1) is 5.75 Å². The van der Waals surface area contributed by atoms with Gasteiger partial charge in [0, 0.05) is 17.1 Å². The van der Waals surface area contributed by atoms with Crippen LogP contribution < -0.4 is 11.1 Å². The molecule has 0 fully saturated rings. The van der Waals surface area contributed by atoms with Crippen molar-refractivity contribution >= 4 is 40.9 Å². The molecule has 0 spiro atoms. The van der Waals surface area contributed by atoms with Gasteiger partial charge >= 0.3 is 0 Å². The standard InChI is InChI=1S/C14H15ClN8S/c1-2-10-20-14(23-22-10)24-7-11-18-12(16)21-13(19-11)17-9-5-3-8(15)4-6-9/h3-6H,2,7H2,1H3,(H,20,22,23)(H3,16,17,18,19,21). The van der Waals surface area contributed by atoms with Gasteiger partial charge in [-0.25, -0.2) is 4.98 Å². The Kier molecular flexibility index (Phi) is 5.11. The number of nitrogens with one attached hydrogen (secondary N) is 2. The van der Waals surface area contributed by atoms with Gasteiger partial charge in [0.1, 0.15) is 11.6 Å². The van der Waals surface area contributed by atoms with Gasteiger partial charge in [0.15, 0.2) is 0 Å². The predicted octanol–water partition coefficient (Wildman–Crippen LogP) is 2.82. The molecular weight excluding hydrogens is 348 g/mol. The van der Waals surface area contributed by atoms with Gasteiger partial charge in [-0.1, -0.05) is 30.3 Å². The van der Waals surface area contributed by atoms with E-state index in [1.807, 2.05) is 19.1 Å². The second-order valence-electron chi connectivity index (χ2n) is 4.77. The van der Waals surface area contributed by atoms with Gasteiger partial charge in [0.25, 0.3) is 0 Å². The first-order valence-corrected chi connectivity index (χ1v) is 8.56. The summed E-state index contributed by atoms with van der Waals surface area (Å²) < 4.78 is 0. The van der Waals surface area contributed by atoms with Crippen molar-refractivity contribution < 1.29 is 0 Å². The average molecular weight is 363 g/mol. The van der Waals surface area contributed by atoms with E-state index in [9.17, 15) is 0 Å². The van der Waals surface area contributed by atoms with Crippen molar-refractivity contribution in [1.82, 2.24) is 30.1 Å². The summed E-state index contributed by atoms with van der Waals surface area (Å²) in [6.07, 6.45) is 0.807. The number of nitrogen functional groups attached to an aromatic ring is 1. The van der Waals surface area contributed by atoms with Gasteiger partial charge in [-0.05, 0) is 24.3 Å². The summed E-state index contributed by atoms with van der Waals surface area (Å²) in [5, 5.41) is 11.4. The molecule has 0 aliphatic rings. The number of nitrogens with zero attached hydrogens (tertiary/aromatic N) is 5. The van der Waals surface area contributed by atoms with Gasteiger partial charge in [-0.2, -0.15) is 15.0 Å². The minimum absolute atomic E-state index is 0.154. The first kappa shape index (κ1) is 16.5. The summed E-state index contributed by atoms with van der Waals surface area (Å²) in [6, 6.07) is 7.22. The molecule has 0 atom stereocenters.